The lowest BCUT2D eigenvalue weighted by Crippen LogP contribution is -2.21. The molecule has 2 amide bonds. The third-order valence-corrected chi connectivity index (χ3v) is 4.10. The van der Waals surface area contributed by atoms with Crippen LogP contribution in [-0.4, -0.2) is 18.4 Å². The fraction of sp³-hybridized carbons (Fsp3) is 0.0476. The van der Waals surface area contributed by atoms with Gasteiger partial charge in [0.1, 0.15) is 5.82 Å². The van der Waals surface area contributed by atoms with Gasteiger partial charge in [-0.2, -0.15) is 0 Å². The van der Waals surface area contributed by atoms with E-state index in [0.29, 0.717) is 22.6 Å². The molecule has 0 unspecified atom stereocenters. The Labute approximate surface area is 166 Å². The monoisotopic (exact) mass is 397 g/mol. The van der Waals surface area contributed by atoms with Gasteiger partial charge < -0.3 is 16.0 Å². The molecule has 0 bridgehead atoms. The zero-order chi connectivity index (χ0) is 19.9. The van der Waals surface area contributed by atoms with Gasteiger partial charge in [-0.25, -0.2) is 4.39 Å². The molecule has 3 rings (SSSR count). The fourth-order valence-corrected chi connectivity index (χ4v) is 2.64. The molecule has 5 nitrogen and oxygen atoms in total. The highest BCUT2D eigenvalue weighted by Crippen LogP contribution is 2.19. The summed E-state index contributed by atoms with van der Waals surface area (Å²) in [5.41, 5.74) is 2.23. The van der Waals surface area contributed by atoms with E-state index in [1.54, 1.807) is 48.5 Å². The van der Waals surface area contributed by atoms with E-state index in [1.807, 2.05) is 6.07 Å². The van der Waals surface area contributed by atoms with Gasteiger partial charge in [-0.3, -0.25) is 9.59 Å². The summed E-state index contributed by atoms with van der Waals surface area (Å²) < 4.78 is 13.2. The second-order valence-corrected chi connectivity index (χ2v) is 6.34. The molecule has 7 heteroatoms. The molecule has 0 fully saturated rings. The van der Waals surface area contributed by atoms with Crippen molar-refractivity contribution in [1.82, 2.24) is 0 Å². The van der Waals surface area contributed by atoms with Gasteiger partial charge in [-0.15, -0.1) is 0 Å². The molecule has 3 aromatic rings. The number of anilines is 3. The largest absolute Gasteiger partial charge is 0.376 e. The first-order valence-corrected chi connectivity index (χ1v) is 8.84. The molecule has 0 aliphatic rings. The Balaban J connectivity index is 1.56. The van der Waals surface area contributed by atoms with Crippen LogP contribution in [0.2, 0.25) is 5.02 Å². The highest BCUT2D eigenvalue weighted by atomic mass is 35.5. The molecule has 0 radical (unpaired) electrons. The number of amides is 2. The van der Waals surface area contributed by atoms with Crippen molar-refractivity contribution >= 4 is 40.5 Å². The van der Waals surface area contributed by atoms with Gasteiger partial charge >= 0.3 is 0 Å². The minimum Gasteiger partial charge on any atom is -0.376 e. The summed E-state index contributed by atoms with van der Waals surface area (Å²) in [7, 11) is 0. The standard InChI is InChI=1S/C21H17ClFN3O2/c22-18-12-17(9-10-19(18)23)25-20(27)13-24-15-7-4-8-16(11-15)26-21(28)14-5-2-1-3-6-14/h1-12,24H,13H2,(H,25,27)(H,26,28). The number of hydrogen-bond donors (Lipinski definition) is 3. The average molecular weight is 398 g/mol. The fourth-order valence-electron chi connectivity index (χ4n) is 2.46. The molecule has 0 saturated heterocycles. The summed E-state index contributed by atoms with van der Waals surface area (Å²) in [5, 5.41) is 8.35. The van der Waals surface area contributed by atoms with Crippen molar-refractivity contribution in [2.45, 2.75) is 0 Å². The molecular formula is C21H17ClFN3O2. The summed E-state index contributed by atoms with van der Waals surface area (Å²) in [4.78, 5) is 24.3. The van der Waals surface area contributed by atoms with Gasteiger partial charge in [0, 0.05) is 22.6 Å². The first kappa shape index (κ1) is 19.4. The average Bonchev–Trinajstić information content (AvgIpc) is 2.70. The van der Waals surface area contributed by atoms with Gasteiger partial charge in [0.05, 0.1) is 11.6 Å². The van der Waals surface area contributed by atoms with Crippen LogP contribution < -0.4 is 16.0 Å². The molecule has 0 aliphatic carbocycles. The Kier molecular flexibility index (Phi) is 6.24. The van der Waals surface area contributed by atoms with Crippen LogP contribution in [-0.2, 0) is 4.79 Å². The molecule has 0 saturated carbocycles. The Morgan fingerprint density at radius 3 is 2.29 bits per heavy atom. The van der Waals surface area contributed by atoms with Crippen LogP contribution in [0.1, 0.15) is 10.4 Å². The van der Waals surface area contributed by atoms with Crippen LogP contribution in [0.15, 0.2) is 72.8 Å². The van der Waals surface area contributed by atoms with E-state index in [1.165, 1.54) is 18.2 Å². The van der Waals surface area contributed by atoms with Gasteiger partial charge in [0.25, 0.3) is 5.91 Å². The maximum Gasteiger partial charge on any atom is 0.255 e. The molecule has 0 spiro atoms. The second-order valence-electron chi connectivity index (χ2n) is 5.93. The Bertz CT molecular complexity index is 996. The summed E-state index contributed by atoms with van der Waals surface area (Å²) in [6.45, 7) is -0.00885. The van der Waals surface area contributed by atoms with E-state index in [2.05, 4.69) is 16.0 Å². The van der Waals surface area contributed by atoms with Crippen LogP contribution in [0.5, 0.6) is 0 Å². The topological polar surface area (TPSA) is 70.2 Å². The number of carbonyl (C=O) groups is 2. The lowest BCUT2D eigenvalue weighted by Gasteiger charge is -2.10. The number of carbonyl (C=O) groups excluding carboxylic acids is 2. The third kappa shape index (κ3) is 5.31. The second kappa shape index (κ2) is 9.01. The number of halogens is 2. The van der Waals surface area contributed by atoms with Crippen molar-refractivity contribution in [3.63, 3.8) is 0 Å². The molecule has 0 heterocycles. The van der Waals surface area contributed by atoms with E-state index >= 15 is 0 Å². The predicted molar refractivity (Wildman–Crippen MR) is 109 cm³/mol. The molecule has 28 heavy (non-hydrogen) atoms. The van der Waals surface area contributed by atoms with E-state index in [4.69, 9.17) is 11.6 Å². The molecule has 3 N–H and O–H groups in total. The Morgan fingerprint density at radius 1 is 0.821 bits per heavy atom. The molecular weight excluding hydrogens is 381 g/mol. The normalized spacial score (nSPS) is 10.2. The predicted octanol–water partition coefficient (Wildman–Crippen LogP) is 4.78. The summed E-state index contributed by atoms with van der Waals surface area (Å²) in [6, 6.07) is 19.9. The summed E-state index contributed by atoms with van der Waals surface area (Å²) in [6.07, 6.45) is 0. The van der Waals surface area contributed by atoms with Crippen molar-refractivity contribution in [2.75, 3.05) is 22.5 Å². The lowest BCUT2D eigenvalue weighted by atomic mass is 10.2. The highest BCUT2D eigenvalue weighted by Gasteiger charge is 2.07. The third-order valence-electron chi connectivity index (χ3n) is 3.81. The number of nitrogens with one attached hydrogen (secondary N) is 3. The van der Waals surface area contributed by atoms with E-state index in [9.17, 15) is 14.0 Å². The van der Waals surface area contributed by atoms with Crippen LogP contribution in [0.4, 0.5) is 21.5 Å². The molecule has 142 valence electrons. The van der Waals surface area contributed by atoms with Gasteiger partial charge in [-0.05, 0) is 48.5 Å². The van der Waals surface area contributed by atoms with Crippen LogP contribution in [0, 0.1) is 5.82 Å². The van der Waals surface area contributed by atoms with Crippen molar-refractivity contribution < 1.29 is 14.0 Å². The van der Waals surface area contributed by atoms with E-state index in [-0.39, 0.29) is 23.4 Å². The summed E-state index contributed by atoms with van der Waals surface area (Å²) >= 11 is 5.70. The van der Waals surface area contributed by atoms with Crippen molar-refractivity contribution in [3.05, 3.63) is 89.2 Å². The summed E-state index contributed by atoms with van der Waals surface area (Å²) in [5.74, 6) is -1.09. The van der Waals surface area contributed by atoms with Gasteiger partial charge in [-0.1, -0.05) is 35.9 Å². The zero-order valence-electron chi connectivity index (χ0n) is 14.7. The number of rotatable bonds is 6. The number of hydrogen-bond acceptors (Lipinski definition) is 3. The maximum absolute atomic E-state index is 13.2. The van der Waals surface area contributed by atoms with Crippen LogP contribution in [0.3, 0.4) is 0 Å². The van der Waals surface area contributed by atoms with Crippen molar-refractivity contribution in [1.29, 1.82) is 0 Å². The minimum absolute atomic E-state index is 0.00885. The van der Waals surface area contributed by atoms with Crippen molar-refractivity contribution in [2.24, 2.45) is 0 Å². The van der Waals surface area contributed by atoms with Gasteiger partial charge in [0.2, 0.25) is 5.91 Å². The minimum atomic E-state index is -0.549. The molecule has 0 aliphatic heterocycles. The Morgan fingerprint density at radius 2 is 1.54 bits per heavy atom. The molecule has 0 atom stereocenters. The maximum atomic E-state index is 13.2. The lowest BCUT2D eigenvalue weighted by molar-refractivity contribution is -0.114. The Hall–Kier alpha value is -3.38. The van der Waals surface area contributed by atoms with Gasteiger partial charge in [0.15, 0.2) is 0 Å². The van der Waals surface area contributed by atoms with Crippen LogP contribution in [0.25, 0.3) is 0 Å². The van der Waals surface area contributed by atoms with E-state index < -0.39 is 5.82 Å². The zero-order valence-corrected chi connectivity index (χ0v) is 15.5. The SMILES string of the molecule is O=C(CNc1cccc(NC(=O)c2ccccc2)c1)Nc1ccc(F)c(Cl)c1. The number of benzene rings is 3. The van der Waals surface area contributed by atoms with E-state index in [0.717, 1.165) is 0 Å². The quantitative estimate of drug-likeness (QED) is 0.560. The highest BCUT2D eigenvalue weighted by molar-refractivity contribution is 6.31. The first-order valence-electron chi connectivity index (χ1n) is 8.46. The molecule has 0 aromatic heterocycles. The molecule has 3 aromatic carbocycles. The van der Waals surface area contributed by atoms with Crippen molar-refractivity contribution in [3.8, 4) is 0 Å². The first-order chi connectivity index (χ1) is 13.5. The van der Waals surface area contributed by atoms with Crippen LogP contribution >= 0.6 is 11.6 Å². The smallest absolute Gasteiger partial charge is 0.255 e.